The molecule has 1 atom stereocenters. The summed E-state index contributed by atoms with van der Waals surface area (Å²) in [4.78, 5) is 11.9. The van der Waals surface area contributed by atoms with Gasteiger partial charge in [-0.3, -0.25) is 4.79 Å². The van der Waals surface area contributed by atoms with Crippen LogP contribution in [0.25, 0.3) is 0 Å². The molecule has 0 spiro atoms. The van der Waals surface area contributed by atoms with Crippen molar-refractivity contribution in [3.63, 3.8) is 0 Å². The minimum absolute atomic E-state index is 0.157. The van der Waals surface area contributed by atoms with Crippen LogP contribution in [0, 0.1) is 11.3 Å². The van der Waals surface area contributed by atoms with Crippen molar-refractivity contribution in [3.05, 3.63) is 46.5 Å². The van der Waals surface area contributed by atoms with E-state index in [9.17, 15) is 4.79 Å². The highest BCUT2D eigenvalue weighted by molar-refractivity contribution is 8.03. The lowest BCUT2D eigenvalue weighted by Gasteiger charge is -2.06. The number of nitriles is 1. The summed E-state index contributed by atoms with van der Waals surface area (Å²) in [7, 11) is 0. The quantitative estimate of drug-likeness (QED) is 0.870. The molecule has 0 saturated heterocycles. The molecule has 0 aliphatic carbocycles. The second kappa shape index (κ2) is 5.07. The first kappa shape index (κ1) is 11.7. The average Bonchev–Trinajstić information content (AvgIpc) is 2.70. The van der Waals surface area contributed by atoms with Gasteiger partial charge in [0.05, 0.1) is 16.7 Å². The minimum atomic E-state index is -0.157. The van der Waals surface area contributed by atoms with Crippen LogP contribution in [0.15, 0.2) is 40.9 Å². The van der Waals surface area contributed by atoms with E-state index in [0.29, 0.717) is 21.4 Å². The van der Waals surface area contributed by atoms with Gasteiger partial charge in [-0.2, -0.15) is 5.26 Å². The second-order valence-electron chi connectivity index (χ2n) is 3.87. The number of thioether (sulfide) groups is 1. The third kappa shape index (κ3) is 2.69. The molecular weight excluding hydrogens is 232 g/mol. The van der Waals surface area contributed by atoms with E-state index in [4.69, 9.17) is 5.26 Å². The van der Waals surface area contributed by atoms with Crippen LogP contribution in [0.3, 0.4) is 0 Å². The van der Waals surface area contributed by atoms with Crippen LogP contribution >= 0.6 is 11.8 Å². The summed E-state index contributed by atoms with van der Waals surface area (Å²) in [5, 5.41) is 12.8. The third-order valence-electron chi connectivity index (χ3n) is 2.48. The first-order valence-corrected chi connectivity index (χ1v) is 6.25. The van der Waals surface area contributed by atoms with E-state index in [2.05, 4.69) is 11.4 Å². The lowest BCUT2D eigenvalue weighted by Crippen LogP contribution is -2.21. The maximum absolute atomic E-state index is 11.9. The molecule has 0 radical (unpaired) electrons. The number of rotatable bonds is 2. The van der Waals surface area contributed by atoms with Crippen molar-refractivity contribution in [1.29, 1.82) is 5.26 Å². The zero-order chi connectivity index (χ0) is 12.3. The Morgan fingerprint density at radius 2 is 2.18 bits per heavy atom. The molecule has 0 fully saturated rings. The van der Waals surface area contributed by atoms with E-state index in [-0.39, 0.29) is 5.91 Å². The van der Waals surface area contributed by atoms with Gasteiger partial charge in [0.15, 0.2) is 0 Å². The molecule has 4 heteroatoms. The van der Waals surface area contributed by atoms with Gasteiger partial charge in [0.25, 0.3) is 5.91 Å². The van der Waals surface area contributed by atoms with E-state index >= 15 is 0 Å². The summed E-state index contributed by atoms with van der Waals surface area (Å²) in [5.74, 6) is -0.157. The summed E-state index contributed by atoms with van der Waals surface area (Å²) in [6.07, 6.45) is 0.728. The number of allylic oxidation sites excluding steroid dienone is 1. The highest BCUT2D eigenvalue weighted by Crippen LogP contribution is 2.35. The van der Waals surface area contributed by atoms with Crippen molar-refractivity contribution in [2.75, 3.05) is 0 Å². The number of carbonyl (C=O) groups is 1. The summed E-state index contributed by atoms with van der Waals surface area (Å²) in [6, 6.07) is 11.2. The Balaban J connectivity index is 2.13. The van der Waals surface area contributed by atoms with Gasteiger partial charge in [-0.25, -0.2) is 0 Å². The monoisotopic (exact) mass is 244 g/mol. The van der Waals surface area contributed by atoms with Crippen LogP contribution in [0.2, 0.25) is 0 Å². The van der Waals surface area contributed by atoms with Crippen LogP contribution in [0.5, 0.6) is 0 Å². The molecule has 3 nitrogen and oxygen atoms in total. The predicted octanol–water partition coefficient (Wildman–Crippen LogP) is 2.68. The van der Waals surface area contributed by atoms with Gasteiger partial charge in [-0.1, -0.05) is 25.1 Å². The lowest BCUT2D eigenvalue weighted by atomic mass is 10.2. The van der Waals surface area contributed by atoms with Gasteiger partial charge in [0, 0.05) is 10.8 Å². The maximum Gasteiger partial charge on any atom is 0.256 e. The first-order valence-electron chi connectivity index (χ1n) is 5.37. The summed E-state index contributed by atoms with van der Waals surface area (Å²) >= 11 is 1.55. The van der Waals surface area contributed by atoms with E-state index in [1.807, 2.05) is 25.1 Å². The highest BCUT2D eigenvalue weighted by Gasteiger charge is 2.23. The smallest absolute Gasteiger partial charge is 0.256 e. The molecule has 1 aliphatic heterocycles. The third-order valence-corrected chi connectivity index (χ3v) is 3.64. The highest BCUT2D eigenvalue weighted by atomic mass is 32.2. The molecule has 1 N–H and O–H groups in total. The molecule has 0 bridgehead atoms. The van der Waals surface area contributed by atoms with Crippen molar-refractivity contribution in [3.8, 4) is 6.07 Å². The summed E-state index contributed by atoms with van der Waals surface area (Å²) in [5.41, 5.74) is 1.28. The van der Waals surface area contributed by atoms with E-state index < -0.39 is 0 Å². The van der Waals surface area contributed by atoms with Crippen molar-refractivity contribution >= 4 is 17.7 Å². The fourth-order valence-corrected chi connectivity index (χ4v) is 2.74. The van der Waals surface area contributed by atoms with Crippen molar-refractivity contribution in [2.24, 2.45) is 0 Å². The standard InChI is InChI=1S/C13H12N2OS/c1-9-7-11(8-14)13(17-9)15-12(16)10-5-3-2-4-6-10/h2-6,9H,7H2,1H3,(H,15,16). The Morgan fingerprint density at radius 1 is 1.47 bits per heavy atom. The Kier molecular flexibility index (Phi) is 3.50. The van der Waals surface area contributed by atoms with Gasteiger partial charge >= 0.3 is 0 Å². The van der Waals surface area contributed by atoms with Gasteiger partial charge < -0.3 is 5.32 Å². The second-order valence-corrected chi connectivity index (χ2v) is 5.32. The molecule has 0 aromatic heterocycles. The Hall–Kier alpha value is -1.73. The van der Waals surface area contributed by atoms with E-state index in [1.54, 1.807) is 23.9 Å². The number of hydrogen-bond acceptors (Lipinski definition) is 3. The molecule has 1 aliphatic rings. The lowest BCUT2D eigenvalue weighted by molar-refractivity contribution is 0.0968. The maximum atomic E-state index is 11.9. The zero-order valence-corrected chi connectivity index (χ0v) is 10.3. The largest absolute Gasteiger partial charge is 0.316 e. The fraction of sp³-hybridized carbons (Fsp3) is 0.231. The van der Waals surface area contributed by atoms with Gasteiger partial charge in [-0.05, 0) is 18.6 Å². The van der Waals surface area contributed by atoms with Gasteiger partial charge in [0.2, 0.25) is 0 Å². The molecule has 1 heterocycles. The molecule has 1 aromatic rings. The zero-order valence-electron chi connectivity index (χ0n) is 9.43. The molecular formula is C13H12N2OS. The predicted molar refractivity (Wildman–Crippen MR) is 68.2 cm³/mol. The van der Waals surface area contributed by atoms with Crippen LogP contribution in [0.1, 0.15) is 23.7 Å². The number of carbonyl (C=O) groups excluding carboxylic acids is 1. The normalized spacial score (nSPS) is 18.9. The average molecular weight is 244 g/mol. The van der Waals surface area contributed by atoms with Crippen LogP contribution in [-0.2, 0) is 0 Å². The molecule has 1 unspecified atom stereocenters. The van der Waals surface area contributed by atoms with Crippen molar-refractivity contribution in [2.45, 2.75) is 18.6 Å². The van der Waals surface area contributed by atoms with Crippen molar-refractivity contribution < 1.29 is 4.79 Å². The Labute approximate surface area is 105 Å². The summed E-state index contributed by atoms with van der Waals surface area (Å²) in [6.45, 7) is 2.05. The van der Waals surface area contributed by atoms with Crippen LogP contribution in [0.4, 0.5) is 0 Å². The topological polar surface area (TPSA) is 52.9 Å². The van der Waals surface area contributed by atoms with Crippen LogP contribution < -0.4 is 5.32 Å². The van der Waals surface area contributed by atoms with Crippen LogP contribution in [-0.4, -0.2) is 11.2 Å². The van der Waals surface area contributed by atoms with Gasteiger partial charge in [0.1, 0.15) is 0 Å². The molecule has 17 heavy (non-hydrogen) atoms. The first-order chi connectivity index (χ1) is 8.20. The molecule has 86 valence electrons. The molecule has 0 saturated carbocycles. The number of nitrogens with one attached hydrogen (secondary N) is 1. The fourth-order valence-electron chi connectivity index (χ4n) is 1.66. The molecule has 2 rings (SSSR count). The molecule has 1 aromatic carbocycles. The number of hydrogen-bond donors (Lipinski definition) is 1. The van der Waals surface area contributed by atoms with E-state index in [0.717, 1.165) is 6.42 Å². The summed E-state index contributed by atoms with van der Waals surface area (Å²) < 4.78 is 0. The Bertz CT molecular complexity index is 502. The molecule has 1 amide bonds. The SMILES string of the molecule is CC1CC(C#N)=C(NC(=O)c2ccccc2)S1. The number of benzene rings is 1. The van der Waals surface area contributed by atoms with Gasteiger partial charge in [-0.15, -0.1) is 11.8 Å². The number of amides is 1. The van der Waals surface area contributed by atoms with E-state index in [1.165, 1.54) is 0 Å². The Morgan fingerprint density at radius 3 is 2.82 bits per heavy atom. The number of nitrogens with zero attached hydrogens (tertiary/aromatic N) is 1. The minimum Gasteiger partial charge on any atom is -0.316 e. The van der Waals surface area contributed by atoms with Crippen molar-refractivity contribution in [1.82, 2.24) is 5.32 Å².